The van der Waals surface area contributed by atoms with E-state index in [1.807, 2.05) is 29.6 Å². The average molecular weight is 341 g/mol. The number of hydrogen-bond donors (Lipinski definition) is 0. The van der Waals surface area contributed by atoms with Crippen LogP contribution in [0.25, 0.3) is 6.08 Å². The number of carbonyl (C=O) groups is 1. The Balaban J connectivity index is 1.98. The van der Waals surface area contributed by atoms with Gasteiger partial charge >= 0.3 is 5.97 Å². The van der Waals surface area contributed by atoms with E-state index in [4.69, 9.17) is 14.2 Å². The summed E-state index contributed by atoms with van der Waals surface area (Å²) in [4.78, 5) is 17.2. The molecule has 6 heteroatoms. The van der Waals surface area contributed by atoms with E-state index < -0.39 is 5.97 Å². The molecule has 3 rings (SSSR count). The number of rotatable bonds is 6. The molecule has 0 N–H and O–H groups in total. The second-order valence-electron chi connectivity index (χ2n) is 4.79. The van der Waals surface area contributed by atoms with E-state index in [0.717, 1.165) is 4.88 Å². The predicted molar refractivity (Wildman–Crippen MR) is 93.6 cm³/mol. The van der Waals surface area contributed by atoms with E-state index in [2.05, 4.69) is 11.6 Å². The third-order valence-electron chi connectivity index (χ3n) is 3.22. The van der Waals surface area contributed by atoms with Crippen LogP contribution in [0.5, 0.6) is 11.5 Å². The Morgan fingerprint density at radius 3 is 2.92 bits per heavy atom. The second-order valence-corrected chi connectivity index (χ2v) is 5.74. The van der Waals surface area contributed by atoms with Crippen molar-refractivity contribution >= 4 is 29.3 Å². The van der Waals surface area contributed by atoms with Crippen molar-refractivity contribution in [1.82, 2.24) is 0 Å². The van der Waals surface area contributed by atoms with Gasteiger partial charge in [-0.15, -0.1) is 11.3 Å². The van der Waals surface area contributed by atoms with Gasteiger partial charge in [0.2, 0.25) is 5.90 Å². The molecule has 0 unspecified atom stereocenters. The summed E-state index contributed by atoms with van der Waals surface area (Å²) in [5.41, 5.74) is 0.898. The Morgan fingerprint density at radius 2 is 2.21 bits per heavy atom. The second kappa shape index (κ2) is 7.14. The van der Waals surface area contributed by atoms with Gasteiger partial charge in [0.15, 0.2) is 17.2 Å². The molecule has 0 bridgehead atoms. The smallest absolute Gasteiger partial charge is 0.363 e. The summed E-state index contributed by atoms with van der Waals surface area (Å²) in [6, 6.07) is 9.15. The molecule has 24 heavy (non-hydrogen) atoms. The lowest BCUT2D eigenvalue weighted by atomic mass is 10.1. The first kappa shape index (κ1) is 16.0. The molecule has 0 spiro atoms. The van der Waals surface area contributed by atoms with Crippen LogP contribution >= 0.6 is 11.3 Å². The third kappa shape index (κ3) is 3.23. The predicted octanol–water partition coefficient (Wildman–Crippen LogP) is 3.67. The number of carbonyl (C=O) groups excluding carboxylic acids is 1. The van der Waals surface area contributed by atoms with Crippen molar-refractivity contribution in [3.8, 4) is 11.5 Å². The maximum absolute atomic E-state index is 12.1. The standard InChI is InChI=1S/C18H15NO4S/c1-3-9-22-16-12(6-4-7-14(16)21-2)11-13-18(20)23-17(19-13)15-8-5-10-24-15/h3-8,10-11H,1,9H2,2H3. The van der Waals surface area contributed by atoms with Gasteiger partial charge in [-0.25, -0.2) is 9.79 Å². The minimum atomic E-state index is -0.490. The largest absolute Gasteiger partial charge is 0.493 e. The normalized spacial score (nSPS) is 15.1. The van der Waals surface area contributed by atoms with Crippen LogP contribution in [0.1, 0.15) is 10.4 Å². The van der Waals surface area contributed by atoms with Crippen molar-refractivity contribution in [2.24, 2.45) is 4.99 Å². The number of ether oxygens (including phenoxy) is 3. The summed E-state index contributed by atoms with van der Waals surface area (Å²) in [7, 11) is 1.56. The van der Waals surface area contributed by atoms with E-state index in [-0.39, 0.29) is 5.70 Å². The number of nitrogens with zero attached hydrogens (tertiary/aromatic N) is 1. The number of esters is 1. The Morgan fingerprint density at radius 1 is 1.33 bits per heavy atom. The van der Waals surface area contributed by atoms with Crippen LogP contribution < -0.4 is 9.47 Å². The van der Waals surface area contributed by atoms with E-state index >= 15 is 0 Å². The third-order valence-corrected chi connectivity index (χ3v) is 4.08. The zero-order chi connectivity index (χ0) is 16.9. The molecular formula is C18H15NO4S. The van der Waals surface area contributed by atoms with Crippen LogP contribution in [0.4, 0.5) is 0 Å². The number of cyclic esters (lactones) is 1. The lowest BCUT2D eigenvalue weighted by Crippen LogP contribution is -2.03. The molecule has 0 radical (unpaired) electrons. The number of thiophene rings is 1. The average Bonchev–Trinajstić information content (AvgIpc) is 3.24. The molecule has 1 aliphatic heterocycles. The monoisotopic (exact) mass is 341 g/mol. The van der Waals surface area contributed by atoms with Gasteiger partial charge in [-0.1, -0.05) is 30.9 Å². The van der Waals surface area contributed by atoms with E-state index in [0.29, 0.717) is 29.6 Å². The molecule has 0 saturated carbocycles. The highest BCUT2D eigenvalue weighted by Crippen LogP contribution is 2.33. The summed E-state index contributed by atoms with van der Waals surface area (Å²) in [5, 5.41) is 1.90. The Kier molecular flexibility index (Phi) is 4.77. The highest BCUT2D eigenvalue weighted by Gasteiger charge is 2.25. The topological polar surface area (TPSA) is 57.1 Å². The number of hydrogen-bond acceptors (Lipinski definition) is 6. The van der Waals surface area contributed by atoms with Gasteiger partial charge in [0.25, 0.3) is 0 Å². The van der Waals surface area contributed by atoms with Crippen molar-refractivity contribution in [2.45, 2.75) is 0 Å². The molecular weight excluding hydrogens is 326 g/mol. The highest BCUT2D eigenvalue weighted by atomic mass is 32.1. The van der Waals surface area contributed by atoms with E-state index in [1.54, 1.807) is 25.3 Å². The van der Waals surface area contributed by atoms with Gasteiger partial charge in [-0.05, 0) is 23.6 Å². The van der Waals surface area contributed by atoms with Gasteiger partial charge in [0.05, 0.1) is 12.0 Å². The highest BCUT2D eigenvalue weighted by molar-refractivity contribution is 7.12. The molecule has 5 nitrogen and oxygen atoms in total. The molecule has 1 aliphatic rings. The van der Waals surface area contributed by atoms with Crippen LogP contribution in [-0.2, 0) is 9.53 Å². The molecule has 122 valence electrons. The Bertz CT molecular complexity index is 822. The SMILES string of the molecule is C=CCOc1c(C=C2N=C(c3cccs3)OC2=O)cccc1OC. The lowest BCUT2D eigenvalue weighted by Gasteiger charge is -2.12. The lowest BCUT2D eigenvalue weighted by molar-refractivity contribution is -0.129. The maximum atomic E-state index is 12.1. The summed E-state index contributed by atoms with van der Waals surface area (Å²) in [6.07, 6.45) is 3.27. The van der Waals surface area contributed by atoms with Gasteiger partial charge < -0.3 is 14.2 Å². The quantitative estimate of drug-likeness (QED) is 0.457. The molecule has 0 fully saturated rings. The van der Waals surface area contributed by atoms with Crippen LogP contribution in [0, 0.1) is 0 Å². The number of aliphatic imine (C=N–C) groups is 1. The van der Waals surface area contributed by atoms with Crippen LogP contribution in [0.3, 0.4) is 0 Å². The fourth-order valence-electron chi connectivity index (χ4n) is 2.17. The van der Waals surface area contributed by atoms with Gasteiger partial charge in [-0.3, -0.25) is 0 Å². The fourth-order valence-corrected chi connectivity index (χ4v) is 2.82. The molecule has 1 aromatic carbocycles. The van der Waals surface area contributed by atoms with Crippen molar-refractivity contribution in [1.29, 1.82) is 0 Å². The molecule has 0 saturated heterocycles. The zero-order valence-electron chi connectivity index (χ0n) is 13.0. The van der Waals surface area contributed by atoms with E-state index in [9.17, 15) is 4.79 Å². The van der Waals surface area contributed by atoms with E-state index in [1.165, 1.54) is 11.3 Å². The summed E-state index contributed by atoms with van der Waals surface area (Å²) < 4.78 is 16.2. The Hall–Kier alpha value is -2.86. The summed E-state index contributed by atoms with van der Waals surface area (Å²) >= 11 is 1.46. The molecule has 0 aliphatic carbocycles. The minimum Gasteiger partial charge on any atom is -0.493 e. The number of benzene rings is 1. The van der Waals surface area contributed by atoms with Crippen molar-refractivity contribution in [2.75, 3.05) is 13.7 Å². The maximum Gasteiger partial charge on any atom is 0.363 e. The van der Waals surface area contributed by atoms with Crippen LogP contribution in [0.2, 0.25) is 0 Å². The van der Waals surface area contributed by atoms with Crippen LogP contribution in [0.15, 0.2) is 59.1 Å². The number of para-hydroxylation sites is 1. The fraction of sp³-hybridized carbons (Fsp3) is 0.111. The van der Waals surface area contributed by atoms with Gasteiger partial charge in [0.1, 0.15) is 6.61 Å². The summed E-state index contributed by atoms with van der Waals surface area (Å²) in [5.74, 6) is 0.925. The Labute approximate surface area is 143 Å². The van der Waals surface area contributed by atoms with Crippen molar-refractivity contribution < 1.29 is 19.0 Å². The molecule has 2 aromatic rings. The minimum absolute atomic E-state index is 0.218. The van der Waals surface area contributed by atoms with Crippen molar-refractivity contribution in [3.05, 3.63) is 64.5 Å². The van der Waals surface area contributed by atoms with Gasteiger partial charge in [-0.2, -0.15) is 0 Å². The first-order valence-electron chi connectivity index (χ1n) is 7.20. The molecule has 0 atom stereocenters. The van der Waals surface area contributed by atoms with Crippen LogP contribution in [-0.4, -0.2) is 25.6 Å². The first-order valence-corrected chi connectivity index (χ1v) is 8.08. The summed E-state index contributed by atoms with van der Waals surface area (Å²) in [6.45, 7) is 3.96. The molecule has 0 amide bonds. The molecule has 2 heterocycles. The van der Waals surface area contributed by atoms with Crippen molar-refractivity contribution in [3.63, 3.8) is 0 Å². The van der Waals surface area contributed by atoms with Gasteiger partial charge in [0, 0.05) is 5.56 Å². The number of methoxy groups -OCH3 is 1. The zero-order valence-corrected chi connectivity index (χ0v) is 13.8. The first-order chi connectivity index (χ1) is 11.7. The molecule has 1 aromatic heterocycles.